The van der Waals surface area contributed by atoms with Crippen LogP contribution in [0.15, 0.2) is 0 Å². The summed E-state index contributed by atoms with van der Waals surface area (Å²) < 4.78 is 5.97. The van der Waals surface area contributed by atoms with Crippen molar-refractivity contribution < 1.29 is 9.53 Å². The van der Waals surface area contributed by atoms with Crippen LogP contribution in [0.25, 0.3) is 0 Å². The minimum Gasteiger partial charge on any atom is -0.365 e. The number of halogens is 1. The van der Waals surface area contributed by atoms with Crippen molar-refractivity contribution in [2.24, 2.45) is 11.1 Å². The second kappa shape index (κ2) is 8.85. The minimum absolute atomic E-state index is 0. The van der Waals surface area contributed by atoms with Crippen LogP contribution in [0.3, 0.4) is 0 Å². The fraction of sp³-hybridized carbons (Fsp3) is 0.933. The third-order valence-corrected chi connectivity index (χ3v) is 3.90. The van der Waals surface area contributed by atoms with Crippen LogP contribution in [-0.4, -0.2) is 43.2 Å². The van der Waals surface area contributed by atoms with Gasteiger partial charge in [0.15, 0.2) is 0 Å². The maximum atomic E-state index is 12.4. The summed E-state index contributed by atoms with van der Waals surface area (Å²) in [5.74, 6) is 0.0934. The van der Waals surface area contributed by atoms with E-state index in [2.05, 4.69) is 13.8 Å². The van der Waals surface area contributed by atoms with Crippen molar-refractivity contribution >= 4 is 18.3 Å². The van der Waals surface area contributed by atoms with Gasteiger partial charge in [-0.25, -0.2) is 0 Å². The normalized spacial score (nSPS) is 17.6. The number of hydrogen-bond acceptors (Lipinski definition) is 3. The van der Waals surface area contributed by atoms with E-state index in [-0.39, 0.29) is 35.9 Å². The predicted octanol–water partition coefficient (Wildman–Crippen LogP) is 2.59. The molecule has 1 atom stereocenters. The topological polar surface area (TPSA) is 55.6 Å². The Labute approximate surface area is 129 Å². The lowest BCUT2D eigenvalue weighted by Crippen LogP contribution is -2.45. The van der Waals surface area contributed by atoms with E-state index in [9.17, 15) is 4.79 Å². The standard InChI is InChI=1S/C15H30N2O2.ClH/c1-5-13(19-12-8-6-7-9-12)14(18)17(4)11-15(2,3)10-16;/h12-13H,5-11,16H2,1-4H3;1H. The summed E-state index contributed by atoms with van der Waals surface area (Å²) in [6.07, 6.45) is 5.38. The van der Waals surface area contributed by atoms with Gasteiger partial charge in [0, 0.05) is 13.6 Å². The van der Waals surface area contributed by atoms with Crippen LogP contribution in [0.2, 0.25) is 0 Å². The molecular weight excluding hydrogens is 276 g/mol. The van der Waals surface area contributed by atoms with E-state index in [4.69, 9.17) is 10.5 Å². The number of nitrogens with two attached hydrogens (primary N) is 1. The lowest BCUT2D eigenvalue weighted by molar-refractivity contribution is -0.147. The summed E-state index contributed by atoms with van der Waals surface area (Å²) in [4.78, 5) is 14.2. The Hall–Kier alpha value is -0.320. The fourth-order valence-corrected chi connectivity index (χ4v) is 2.62. The maximum Gasteiger partial charge on any atom is 0.251 e. The summed E-state index contributed by atoms with van der Waals surface area (Å²) in [6.45, 7) is 7.42. The molecule has 5 heteroatoms. The van der Waals surface area contributed by atoms with Gasteiger partial charge < -0.3 is 15.4 Å². The number of likely N-dealkylation sites (N-methyl/N-ethyl adjacent to an activating group) is 1. The van der Waals surface area contributed by atoms with Crippen LogP contribution in [-0.2, 0) is 9.53 Å². The van der Waals surface area contributed by atoms with Crippen molar-refractivity contribution in [3.63, 3.8) is 0 Å². The van der Waals surface area contributed by atoms with E-state index >= 15 is 0 Å². The van der Waals surface area contributed by atoms with E-state index in [1.54, 1.807) is 4.90 Å². The van der Waals surface area contributed by atoms with Crippen LogP contribution in [0, 0.1) is 5.41 Å². The van der Waals surface area contributed by atoms with Crippen molar-refractivity contribution in [3.05, 3.63) is 0 Å². The summed E-state index contributed by atoms with van der Waals surface area (Å²) >= 11 is 0. The van der Waals surface area contributed by atoms with Crippen LogP contribution in [0.1, 0.15) is 52.9 Å². The number of hydrogen-bond donors (Lipinski definition) is 1. The molecule has 1 fully saturated rings. The van der Waals surface area contributed by atoms with Gasteiger partial charge in [0.05, 0.1) is 6.10 Å². The predicted molar refractivity (Wildman–Crippen MR) is 85.1 cm³/mol. The Kier molecular flexibility index (Phi) is 8.71. The number of amides is 1. The second-order valence-corrected chi connectivity index (χ2v) is 6.50. The fourth-order valence-electron chi connectivity index (χ4n) is 2.62. The van der Waals surface area contributed by atoms with Gasteiger partial charge in [-0.3, -0.25) is 4.79 Å². The smallest absolute Gasteiger partial charge is 0.251 e. The molecule has 0 spiro atoms. The zero-order valence-corrected chi connectivity index (χ0v) is 14.2. The molecular formula is C15H31ClN2O2. The number of carbonyl (C=O) groups excluding carboxylic acids is 1. The molecule has 20 heavy (non-hydrogen) atoms. The van der Waals surface area contributed by atoms with Gasteiger partial charge in [-0.2, -0.15) is 0 Å². The molecule has 0 aromatic heterocycles. The van der Waals surface area contributed by atoms with Crippen LogP contribution in [0.5, 0.6) is 0 Å². The highest BCUT2D eigenvalue weighted by Crippen LogP contribution is 2.24. The molecule has 1 aliphatic carbocycles. The Balaban J connectivity index is 0.00000361. The first kappa shape index (κ1) is 19.7. The van der Waals surface area contributed by atoms with Gasteiger partial charge in [0.1, 0.15) is 6.10 Å². The van der Waals surface area contributed by atoms with Crippen molar-refractivity contribution in [2.75, 3.05) is 20.1 Å². The summed E-state index contributed by atoms with van der Waals surface area (Å²) in [7, 11) is 1.85. The van der Waals surface area contributed by atoms with Crippen LogP contribution < -0.4 is 5.73 Å². The molecule has 1 saturated carbocycles. The van der Waals surface area contributed by atoms with Gasteiger partial charge in [-0.05, 0) is 31.2 Å². The zero-order valence-electron chi connectivity index (χ0n) is 13.4. The SMILES string of the molecule is CCC(OC1CCCC1)C(=O)N(C)CC(C)(C)CN.Cl. The molecule has 0 aliphatic heterocycles. The van der Waals surface area contributed by atoms with Gasteiger partial charge in [0.2, 0.25) is 0 Å². The first-order valence-corrected chi connectivity index (χ1v) is 7.50. The van der Waals surface area contributed by atoms with Crippen molar-refractivity contribution in [2.45, 2.75) is 65.1 Å². The Bertz CT molecular complexity index is 292. The van der Waals surface area contributed by atoms with Gasteiger partial charge >= 0.3 is 0 Å². The first-order valence-electron chi connectivity index (χ1n) is 7.50. The molecule has 0 heterocycles. The highest BCUT2D eigenvalue weighted by Gasteiger charge is 2.29. The minimum atomic E-state index is -0.290. The second-order valence-electron chi connectivity index (χ2n) is 6.50. The third kappa shape index (κ3) is 5.98. The molecule has 0 aromatic carbocycles. The quantitative estimate of drug-likeness (QED) is 0.786. The highest BCUT2D eigenvalue weighted by molar-refractivity contribution is 5.85. The highest BCUT2D eigenvalue weighted by atomic mass is 35.5. The van der Waals surface area contributed by atoms with E-state index < -0.39 is 0 Å². The Morgan fingerprint density at radius 3 is 2.40 bits per heavy atom. The first-order chi connectivity index (χ1) is 8.89. The van der Waals surface area contributed by atoms with E-state index in [1.165, 1.54) is 12.8 Å². The van der Waals surface area contributed by atoms with E-state index in [0.29, 0.717) is 13.1 Å². The maximum absolute atomic E-state index is 12.4. The van der Waals surface area contributed by atoms with Crippen LogP contribution in [0.4, 0.5) is 0 Å². The van der Waals surface area contributed by atoms with Crippen molar-refractivity contribution in [1.29, 1.82) is 0 Å². The molecule has 1 unspecified atom stereocenters. The van der Waals surface area contributed by atoms with Crippen molar-refractivity contribution in [3.8, 4) is 0 Å². The molecule has 0 bridgehead atoms. The summed E-state index contributed by atoms with van der Waals surface area (Å²) in [6, 6.07) is 0. The van der Waals surface area contributed by atoms with Crippen molar-refractivity contribution in [1.82, 2.24) is 4.90 Å². The number of nitrogens with zero attached hydrogens (tertiary/aromatic N) is 1. The molecule has 2 N–H and O–H groups in total. The third-order valence-electron chi connectivity index (χ3n) is 3.90. The lowest BCUT2D eigenvalue weighted by Gasteiger charge is -2.32. The summed E-state index contributed by atoms with van der Waals surface area (Å²) in [5.41, 5.74) is 5.68. The number of rotatable bonds is 7. The van der Waals surface area contributed by atoms with Gasteiger partial charge in [-0.1, -0.05) is 33.6 Å². The molecule has 0 radical (unpaired) electrons. The van der Waals surface area contributed by atoms with Crippen LogP contribution >= 0.6 is 12.4 Å². The molecule has 1 amide bonds. The monoisotopic (exact) mass is 306 g/mol. The molecule has 1 rings (SSSR count). The lowest BCUT2D eigenvalue weighted by atomic mass is 9.93. The average Bonchev–Trinajstić information content (AvgIpc) is 2.87. The largest absolute Gasteiger partial charge is 0.365 e. The number of ether oxygens (including phenoxy) is 1. The zero-order chi connectivity index (χ0) is 14.5. The molecule has 0 saturated heterocycles. The van der Waals surface area contributed by atoms with E-state index in [1.807, 2.05) is 14.0 Å². The molecule has 120 valence electrons. The molecule has 1 aliphatic rings. The van der Waals surface area contributed by atoms with Gasteiger partial charge in [0.25, 0.3) is 5.91 Å². The Morgan fingerprint density at radius 1 is 1.40 bits per heavy atom. The molecule has 0 aromatic rings. The number of carbonyl (C=O) groups is 1. The van der Waals surface area contributed by atoms with Gasteiger partial charge in [-0.15, -0.1) is 12.4 Å². The average molecular weight is 307 g/mol. The van der Waals surface area contributed by atoms with E-state index in [0.717, 1.165) is 19.3 Å². The molecule has 4 nitrogen and oxygen atoms in total. The Morgan fingerprint density at radius 2 is 1.95 bits per heavy atom. The summed E-state index contributed by atoms with van der Waals surface area (Å²) in [5, 5.41) is 0.